The maximum atomic E-state index is 12.9. The lowest BCUT2D eigenvalue weighted by atomic mass is 10.2. The molecule has 1 aliphatic rings. The van der Waals surface area contributed by atoms with Gasteiger partial charge in [0.2, 0.25) is 15.9 Å². The van der Waals surface area contributed by atoms with Crippen LogP contribution in [0.2, 0.25) is 0 Å². The molecule has 1 aromatic heterocycles. The molecule has 0 saturated carbocycles. The normalized spacial score (nSPS) is 15.7. The van der Waals surface area contributed by atoms with Gasteiger partial charge in [-0.2, -0.15) is 4.31 Å². The van der Waals surface area contributed by atoms with Crippen molar-refractivity contribution in [3.8, 4) is 0 Å². The first-order chi connectivity index (χ1) is 14.9. The number of benzene rings is 1. The first kappa shape index (κ1) is 23.3. The lowest BCUT2D eigenvalue weighted by Crippen LogP contribution is -2.51. The van der Waals surface area contributed by atoms with Gasteiger partial charge in [0, 0.05) is 46.0 Å². The van der Waals surface area contributed by atoms with Crippen molar-refractivity contribution in [1.29, 1.82) is 0 Å². The Labute approximate surface area is 184 Å². The number of nitrogens with zero attached hydrogens (tertiary/aromatic N) is 4. The molecule has 0 radical (unpaired) electrons. The van der Waals surface area contributed by atoms with E-state index in [-0.39, 0.29) is 12.5 Å². The molecule has 0 atom stereocenters. The highest BCUT2D eigenvalue weighted by Crippen LogP contribution is 2.18. The smallest absolute Gasteiger partial charge is 0.243 e. The molecule has 1 amide bonds. The third-order valence-electron chi connectivity index (χ3n) is 5.35. The van der Waals surface area contributed by atoms with E-state index in [1.54, 1.807) is 42.5 Å². The van der Waals surface area contributed by atoms with Gasteiger partial charge in [-0.15, -0.1) is 0 Å². The summed E-state index contributed by atoms with van der Waals surface area (Å²) in [6.07, 6.45) is 1.71. The number of pyridine rings is 1. The van der Waals surface area contributed by atoms with Crippen molar-refractivity contribution < 1.29 is 17.9 Å². The Balaban J connectivity index is 1.57. The van der Waals surface area contributed by atoms with Crippen LogP contribution in [-0.2, 0) is 26.1 Å². The van der Waals surface area contributed by atoms with Gasteiger partial charge < -0.3 is 9.64 Å². The zero-order valence-electron chi connectivity index (χ0n) is 18.1. The highest BCUT2D eigenvalue weighted by Gasteiger charge is 2.29. The number of aryl methyl sites for hydroxylation is 1. The Hall–Kier alpha value is -2.33. The average Bonchev–Trinajstić information content (AvgIpc) is 2.78. The Morgan fingerprint density at radius 3 is 2.42 bits per heavy atom. The summed E-state index contributed by atoms with van der Waals surface area (Å²) in [5, 5.41) is 0. The third-order valence-corrected chi connectivity index (χ3v) is 7.26. The van der Waals surface area contributed by atoms with Crippen LogP contribution in [0.3, 0.4) is 0 Å². The van der Waals surface area contributed by atoms with Crippen LogP contribution in [0, 0.1) is 6.92 Å². The molecule has 3 rings (SSSR count). The number of carbonyl (C=O) groups is 1. The van der Waals surface area contributed by atoms with Crippen LogP contribution in [0.1, 0.15) is 11.3 Å². The van der Waals surface area contributed by atoms with Gasteiger partial charge >= 0.3 is 0 Å². The Kier molecular flexibility index (Phi) is 8.14. The van der Waals surface area contributed by atoms with Crippen molar-refractivity contribution in [3.05, 3.63) is 59.9 Å². The lowest BCUT2D eigenvalue weighted by Gasteiger charge is -2.34. The molecule has 0 spiro atoms. The number of sulfonamides is 1. The topological polar surface area (TPSA) is 83.1 Å². The van der Waals surface area contributed by atoms with Crippen molar-refractivity contribution >= 4 is 15.9 Å². The van der Waals surface area contributed by atoms with E-state index < -0.39 is 10.0 Å². The molecular formula is C22H30N4O4S. The molecule has 168 valence electrons. The predicted octanol–water partition coefficient (Wildman–Crippen LogP) is 1.37. The highest BCUT2D eigenvalue weighted by molar-refractivity contribution is 7.89. The van der Waals surface area contributed by atoms with Crippen molar-refractivity contribution in [3.63, 3.8) is 0 Å². The van der Waals surface area contributed by atoms with Crippen molar-refractivity contribution in [1.82, 2.24) is 19.1 Å². The molecule has 1 aliphatic heterocycles. The van der Waals surface area contributed by atoms with Gasteiger partial charge in [-0.1, -0.05) is 23.8 Å². The van der Waals surface area contributed by atoms with E-state index >= 15 is 0 Å². The molecule has 1 fully saturated rings. The van der Waals surface area contributed by atoms with E-state index in [4.69, 9.17) is 4.74 Å². The number of rotatable bonds is 9. The second-order valence-electron chi connectivity index (χ2n) is 7.62. The fourth-order valence-corrected chi connectivity index (χ4v) is 4.88. The zero-order chi connectivity index (χ0) is 22.3. The van der Waals surface area contributed by atoms with Crippen LogP contribution >= 0.6 is 0 Å². The Bertz CT molecular complexity index is 943. The predicted molar refractivity (Wildman–Crippen MR) is 118 cm³/mol. The molecule has 31 heavy (non-hydrogen) atoms. The third kappa shape index (κ3) is 6.33. The van der Waals surface area contributed by atoms with Crippen LogP contribution < -0.4 is 0 Å². The first-order valence-corrected chi connectivity index (χ1v) is 11.8. The van der Waals surface area contributed by atoms with Gasteiger partial charge in [-0.3, -0.25) is 14.7 Å². The minimum absolute atomic E-state index is 0.0162. The van der Waals surface area contributed by atoms with Gasteiger partial charge in [0.1, 0.15) is 0 Å². The lowest BCUT2D eigenvalue weighted by molar-refractivity contribution is -0.134. The van der Waals surface area contributed by atoms with Gasteiger partial charge in [0.25, 0.3) is 0 Å². The van der Waals surface area contributed by atoms with E-state index in [0.717, 1.165) is 11.3 Å². The second kappa shape index (κ2) is 10.8. The van der Waals surface area contributed by atoms with Crippen LogP contribution in [0.25, 0.3) is 0 Å². The van der Waals surface area contributed by atoms with Gasteiger partial charge in [0.15, 0.2) is 0 Å². The first-order valence-electron chi connectivity index (χ1n) is 10.4. The summed E-state index contributed by atoms with van der Waals surface area (Å²) in [5.41, 5.74) is 1.84. The SMILES string of the molecule is COCCN(Cc1ccccn1)C(=O)CN1CCN(S(=O)(=O)c2ccc(C)cc2)CC1. The Morgan fingerprint density at radius 2 is 1.81 bits per heavy atom. The monoisotopic (exact) mass is 446 g/mol. The number of amides is 1. The van der Waals surface area contributed by atoms with Gasteiger partial charge in [-0.25, -0.2) is 8.42 Å². The summed E-state index contributed by atoms with van der Waals surface area (Å²) in [6, 6.07) is 12.5. The van der Waals surface area contributed by atoms with E-state index in [1.807, 2.05) is 30.0 Å². The molecule has 0 bridgehead atoms. The number of hydrogen-bond donors (Lipinski definition) is 0. The molecule has 2 heterocycles. The highest BCUT2D eigenvalue weighted by atomic mass is 32.2. The van der Waals surface area contributed by atoms with Crippen LogP contribution in [-0.4, -0.2) is 86.4 Å². The molecule has 0 unspecified atom stereocenters. The minimum Gasteiger partial charge on any atom is -0.383 e. The quantitative estimate of drug-likeness (QED) is 0.579. The molecular weight excluding hydrogens is 416 g/mol. The maximum absolute atomic E-state index is 12.9. The van der Waals surface area contributed by atoms with Crippen LogP contribution in [0.5, 0.6) is 0 Å². The molecule has 9 heteroatoms. The fourth-order valence-electron chi connectivity index (χ4n) is 3.46. The molecule has 1 aromatic carbocycles. The average molecular weight is 447 g/mol. The number of ether oxygens (including phenoxy) is 1. The summed E-state index contributed by atoms with van der Waals surface area (Å²) in [7, 11) is -1.90. The zero-order valence-corrected chi connectivity index (χ0v) is 18.9. The van der Waals surface area contributed by atoms with E-state index in [2.05, 4.69) is 4.98 Å². The molecule has 8 nitrogen and oxygen atoms in total. The summed E-state index contributed by atoms with van der Waals surface area (Å²) >= 11 is 0. The van der Waals surface area contributed by atoms with E-state index in [9.17, 15) is 13.2 Å². The second-order valence-corrected chi connectivity index (χ2v) is 9.56. The number of piperazine rings is 1. The Morgan fingerprint density at radius 1 is 1.10 bits per heavy atom. The molecule has 0 N–H and O–H groups in total. The van der Waals surface area contributed by atoms with E-state index in [0.29, 0.717) is 50.8 Å². The maximum Gasteiger partial charge on any atom is 0.243 e. The summed E-state index contributed by atoms with van der Waals surface area (Å²) < 4.78 is 32.4. The number of carbonyl (C=O) groups excluding carboxylic acids is 1. The van der Waals surface area contributed by atoms with Crippen LogP contribution in [0.4, 0.5) is 0 Å². The number of hydrogen-bond acceptors (Lipinski definition) is 6. The van der Waals surface area contributed by atoms with Crippen molar-refractivity contribution in [2.24, 2.45) is 0 Å². The standard InChI is InChI=1S/C22H30N4O4S/c1-19-6-8-21(9-7-19)31(28,29)26-13-11-24(12-14-26)18-22(27)25(15-16-30-2)17-20-5-3-4-10-23-20/h3-10H,11-18H2,1-2H3. The fraction of sp³-hybridized carbons (Fsp3) is 0.455. The summed E-state index contributed by atoms with van der Waals surface area (Å²) in [5.74, 6) is -0.0162. The number of aromatic nitrogens is 1. The van der Waals surface area contributed by atoms with Crippen molar-refractivity contribution in [2.45, 2.75) is 18.4 Å². The number of methoxy groups -OCH3 is 1. The molecule has 2 aromatic rings. The summed E-state index contributed by atoms with van der Waals surface area (Å²) in [6.45, 7) is 5.27. The van der Waals surface area contributed by atoms with Gasteiger partial charge in [-0.05, 0) is 31.2 Å². The molecule has 0 aliphatic carbocycles. The largest absolute Gasteiger partial charge is 0.383 e. The van der Waals surface area contributed by atoms with Gasteiger partial charge in [0.05, 0.1) is 30.3 Å². The van der Waals surface area contributed by atoms with Crippen molar-refractivity contribution in [2.75, 3.05) is 53.0 Å². The molecule has 1 saturated heterocycles. The minimum atomic E-state index is -3.51. The van der Waals surface area contributed by atoms with Crippen LogP contribution in [0.15, 0.2) is 53.6 Å². The van der Waals surface area contributed by atoms with E-state index in [1.165, 1.54) is 4.31 Å². The summed E-state index contributed by atoms with van der Waals surface area (Å²) in [4.78, 5) is 21.3.